The van der Waals surface area contributed by atoms with Crippen LogP contribution in [-0.2, 0) is 16.0 Å². The van der Waals surface area contributed by atoms with Crippen molar-refractivity contribution < 1.29 is 14.3 Å². The number of ether oxygens (including phenoxy) is 1. The van der Waals surface area contributed by atoms with Gasteiger partial charge in [0.1, 0.15) is 12.1 Å². The fraction of sp³-hybridized carbons (Fsp3) is 0.300. The van der Waals surface area contributed by atoms with Gasteiger partial charge in [0, 0.05) is 23.7 Å². The third-order valence-corrected chi connectivity index (χ3v) is 4.55. The van der Waals surface area contributed by atoms with Crippen LogP contribution in [-0.4, -0.2) is 57.8 Å². The zero-order valence-electron chi connectivity index (χ0n) is 18.0. The van der Waals surface area contributed by atoms with E-state index >= 15 is 0 Å². The van der Waals surface area contributed by atoms with Crippen molar-refractivity contribution >= 4 is 23.5 Å². The summed E-state index contributed by atoms with van der Waals surface area (Å²) in [5.74, 6) is -0.120. The summed E-state index contributed by atoms with van der Waals surface area (Å²) in [5.41, 5.74) is 3.04. The minimum absolute atomic E-state index is 0.225. The summed E-state index contributed by atoms with van der Waals surface area (Å²) in [5, 5.41) is 11.1. The van der Waals surface area contributed by atoms with Crippen molar-refractivity contribution in [1.29, 1.82) is 0 Å². The monoisotopic (exact) mass is 435 g/mol. The third-order valence-electron chi connectivity index (χ3n) is 4.55. The zero-order chi connectivity index (χ0) is 22.8. The number of anilines is 1. The number of esters is 1. The Balaban J connectivity index is 1.48. The molecule has 0 aliphatic rings. The highest BCUT2D eigenvalue weighted by atomic mass is 16.5. The van der Waals surface area contributed by atoms with E-state index in [0.717, 1.165) is 11.4 Å². The maximum Gasteiger partial charge on any atom is 0.342 e. The van der Waals surface area contributed by atoms with E-state index in [4.69, 9.17) is 4.74 Å². The maximum atomic E-state index is 12.6. The van der Waals surface area contributed by atoms with E-state index in [1.807, 2.05) is 26.8 Å². The Hall–Kier alpha value is -4.22. The lowest BCUT2D eigenvalue weighted by atomic mass is 10.2. The Kier molecular flexibility index (Phi) is 5.58. The van der Waals surface area contributed by atoms with Gasteiger partial charge >= 0.3 is 5.97 Å². The molecule has 0 aliphatic heterocycles. The van der Waals surface area contributed by atoms with Crippen LogP contribution >= 0.6 is 0 Å². The highest BCUT2D eigenvalue weighted by molar-refractivity contribution is 5.95. The van der Waals surface area contributed by atoms with E-state index in [1.54, 1.807) is 13.0 Å². The molecule has 1 N–H and O–H groups in total. The molecule has 0 radical (unpaired) electrons. The predicted molar refractivity (Wildman–Crippen MR) is 112 cm³/mol. The Morgan fingerprint density at radius 1 is 1.06 bits per heavy atom. The number of rotatable bonds is 6. The van der Waals surface area contributed by atoms with E-state index < -0.39 is 18.5 Å². The number of hydrogen-bond donors (Lipinski definition) is 1. The van der Waals surface area contributed by atoms with Crippen molar-refractivity contribution in [2.45, 2.75) is 34.1 Å². The summed E-state index contributed by atoms with van der Waals surface area (Å²) >= 11 is 0. The van der Waals surface area contributed by atoms with Crippen LogP contribution in [0.3, 0.4) is 0 Å². The minimum atomic E-state index is -0.677. The first kappa shape index (κ1) is 21.0. The lowest BCUT2D eigenvalue weighted by molar-refractivity contribution is -0.119. The van der Waals surface area contributed by atoms with Crippen LogP contribution in [0.4, 0.5) is 5.82 Å². The van der Waals surface area contributed by atoms with E-state index in [-0.39, 0.29) is 5.56 Å². The number of carbonyl (C=O) groups is 2. The summed E-state index contributed by atoms with van der Waals surface area (Å²) in [6, 6.07) is 3.52. The van der Waals surface area contributed by atoms with Crippen LogP contribution in [0, 0.1) is 20.8 Å². The number of aryl methyl sites for hydroxylation is 4. The molecule has 4 heterocycles. The molecule has 0 bridgehead atoms. The Labute approximate surface area is 182 Å². The highest BCUT2D eigenvalue weighted by Gasteiger charge is 2.19. The van der Waals surface area contributed by atoms with E-state index in [2.05, 4.69) is 35.5 Å². The number of amides is 1. The maximum absolute atomic E-state index is 12.6. The third kappa shape index (κ3) is 4.15. The van der Waals surface area contributed by atoms with Crippen LogP contribution in [0.5, 0.6) is 0 Å². The average Bonchev–Trinajstić information content (AvgIpc) is 3.36. The van der Waals surface area contributed by atoms with Crippen molar-refractivity contribution in [1.82, 2.24) is 39.3 Å². The molecule has 12 heteroatoms. The largest absolute Gasteiger partial charge is 0.452 e. The van der Waals surface area contributed by atoms with Crippen molar-refractivity contribution in [3.8, 4) is 5.95 Å². The molecule has 0 aromatic carbocycles. The second-order valence-electron chi connectivity index (χ2n) is 7.10. The number of aromatic nitrogens is 8. The summed E-state index contributed by atoms with van der Waals surface area (Å²) in [6.07, 6.45) is 3.24. The lowest BCUT2D eigenvalue weighted by Crippen LogP contribution is -2.23. The molecule has 0 aliphatic carbocycles. The van der Waals surface area contributed by atoms with Gasteiger partial charge in [0.2, 0.25) is 0 Å². The van der Waals surface area contributed by atoms with E-state index in [9.17, 15) is 9.59 Å². The summed E-state index contributed by atoms with van der Waals surface area (Å²) < 4.78 is 8.12. The smallest absolute Gasteiger partial charge is 0.342 e. The van der Waals surface area contributed by atoms with Crippen molar-refractivity contribution in [3.05, 3.63) is 53.0 Å². The molecule has 1 amide bonds. The van der Waals surface area contributed by atoms with Gasteiger partial charge in [-0.15, -0.1) is 0 Å². The molecular weight excluding hydrogens is 414 g/mol. The minimum Gasteiger partial charge on any atom is -0.452 e. The second-order valence-corrected chi connectivity index (χ2v) is 7.10. The van der Waals surface area contributed by atoms with Gasteiger partial charge in [0.05, 0.1) is 17.0 Å². The quantitative estimate of drug-likeness (QED) is 0.444. The van der Waals surface area contributed by atoms with E-state index in [1.165, 1.54) is 21.7 Å². The summed E-state index contributed by atoms with van der Waals surface area (Å²) in [7, 11) is 0. The van der Waals surface area contributed by atoms with Crippen LogP contribution in [0.15, 0.2) is 24.7 Å². The first-order chi connectivity index (χ1) is 15.4. The molecule has 0 saturated carbocycles. The highest BCUT2D eigenvalue weighted by Crippen LogP contribution is 2.16. The molecule has 164 valence electrons. The molecule has 0 saturated heterocycles. The van der Waals surface area contributed by atoms with Gasteiger partial charge in [-0.25, -0.2) is 24.3 Å². The summed E-state index contributed by atoms with van der Waals surface area (Å²) in [6.45, 7) is 6.87. The van der Waals surface area contributed by atoms with Crippen molar-refractivity contribution in [2.75, 3.05) is 11.9 Å². The number of carbonyl (C=O) groups excluding carboxylic acids is 2. The van der Waals surface area contributed by atoms with Crippen molar-refractivity contribution in [2.24, 2.45) is 0 Å². The zero-order valence-corrected chi connectivity index (χ0v) is 18.0. The van der Waals surface area contributed by atoms with Crippen molar-refractivity contribution in [3.63, 3.8) is 0 Å². The first-order valence-electron chi connectivity index (χ1n) is 9.89. The molecule has 4 aromatic rings. The molecule has 4 aromatic heterocycles. The summed E-state index contributed by atoms with van der Waals surface area (Å²) in [4.78, 5) is 41.9. The fourth-order valence-corrected chi connectivity index (χ4v) is 3.27. The molecule has 32 heavy (non-hydrogen) atoms. The van der Waals surface area contributed by atoms with Gasteiger partial charge in [0.25, 0.3) is 17.6 Å². The van der Waals surface area contributed by atoms with E-state index in [0.29, 0.717) is 35.4 Å². The van der Waals surface area contributed by atoms with Gasteiger partial charge in [0.15, 0.2) is 6.61 Å². The van der Waals surface area contributed by atoms with Crippen LogP contribution in [0.2, 0.25) is 0 Å². The normalized spacial score (nSPS) is 11.0. The fourth-order valence-electron chi connectivity index (χ4n) is 3.27. The molecule has 0 atom stereocenters. The van der Waals surface area contributed by atoms with Crippen LogP contribution < -0.4 is 5.32 Å². The molecule has 12 nitrogen and oxygen atoms in total. The van der Waals surface area contributed by atoms with Gasteiger partial charge in [-0.3, -0.25) is 4.79 Å². The van der Waals surface area contributed by atoms with Gasteiger partial charge < -0.3 is 10.1 Å². The number of nitrogens with one attached hydrogen (secondary N) is 1. The predicted octanol–water partition coefficient (Wildman–Crippen LogP) is 1.38. The average molecular weight is 435 g/mol. The molecule has 4 rings (SSSR count). The molecule has 0 fully saturated rings. The van der Waals surface area contributed by atoms with Crippen LogP contribution in [0.25, 0.3) is 11.7 Å². The molecular formula is C20H21N9O3. The van der Waals surface area contributed by atoms with Crippen LogP contribution in [0.1, 0.15) is 40.1 Å². The Bertz CT molecular complexity index is 1310. The topological polar surface area (TPSA) is 142 Å². The lowest BCUT2D eigenvalue weighted by Gasteiger charge is -2.10. The molecule has 0 spiro atoms. The number of nitrogens with zero attached hydrogens (tertiary/aromatic N) is 8. The van der Waals surface area contributed by atoms with Gasteiger partial charge in [-0.05, 0) is 33.3 Å². The number of hydrogen-bond acceptors (Lipinski definition) is 9. The SMILES string of the molecule is CCc1c(C(=O)OCC(=O)Nc2cc(C)nn2-c2nc(C)cc(C)n2)cnc2ncnn12. The standard InChI is InChI=1S/C20H21N9O3/c1-5-15-14(8-21-19-22-10-23-28(15)19)18(31)32-9-17(30)26-16-7-13(4)27-29(16)20-24-11(2)6-12(3)25-20/h6-8,10H,5,9H2,1-4H3,(H,26,30). The first-order valence-corrected chi connectivity index (χ1v) is 9.89. The second kappa shape index (κ2) is 8.49. The Morgan fingerprint density at radius 3 is 2.53 bits per heavy atom. The van der Waals surface area contributed by atoms with Gasteiger partial charge in [-0.1, -0.05) is 6.92 Å². The molecule has 0 unspecified atom stereocenters. The number of fused-ring (bicyclic) bond motifs is 1. The van der Waals surface area contributed by atoms with Gasteiger partial charge in [-0.2, -0.15) is 19.9 Å². The Morgan fingerprint density at radius 2 is 1.81 bits per heavy atom.